The Hall–Kier alpha value is -1.04. The molecule has 0 amide bonds. The van der Waals surface area contributed by atoms with Crippen molar-refractivity contribution in [2.75, 3.05) is 39.4 Å². The van der Waals surface area contributed by atoms with Gasteiger partial charge in [-0.15, -0.1) is 0 Å². The molecule has 0 atom stereocenters. The summed E-state index contributed by atoms with van der Waals surface area (Å²) < 4.78 is 5.39. The summed E-state index contributed by atoms with van der Waals surface area (Å²) in [5.74, 6) is 1.31. The van der Waals surface area contributed by atoms with Crippen LogP contribution < -0.4 is 10.6 Å². The Morgan fingerprint density at radius 2 is 1.92 bits per heavy atom. The van der Waals surface area contributed by atoms with Crippen molar-refractivity contribution in [3.05, 3.63) is 35.7 Å². The Morgan fingerprint density at radius 1 is 1.25 bits per heavy atom. The Morgan fingerprint density at radius 3 is 2.29 bits per heavy atom. The summed E-state index contributed by atoms with van der Waals surface area (Å²) in [5.41, 5.74) is 3.18. The second-order valence-electron chi connectivity index (χ2n) is 5.11. The van der Waals surface area contributed by atoms with E-state index in [0.29, 0.717) is 6.73 Å². The van der Waals surface area contributed by atoms with E-state index >= 15 is 0 Å². The first kappa shape index (κ1) is 25.2. The van der Waals surface area contributed by atoms with Crippen LogP contribution in [0.2, 0.25) is 0 Å². The van der Waals surface area contributed by atoms with Crippen LogP contribution in [0.5, 0.6) is 0 Å². The third-order valence-electron chi connectivity index (χ3n) is 2.63. The van der Waals surface area contributed by atoms with Gasteiger partial charge in [-0.2, -0.15) is 11.8 Å². The van der Waals surface area contributed by atoms with E-state index in [1.54, 1.807) is 0 Å². The lowest BCUT2D eigenvalue weighted by molar-refractivity contribution is 0.128. The summed E-state index contributed by atoms with van der Waals surface area (Å²) in [4.78, 5) is 4.27. The SMILES string of the molecule is C/C=C(\NCOCCC)c1ccc(C)nc1.CCCSC.CNC. The number of hydrogen-bond acceptors (Lipinski definition) is 5. The number of nitrogens with one attached hydrogen (secondary N) is 2. The second-order valence-corrected chi connectivity index (χ2v) is 6.10. The first-order valence-corrected chi connectivity index (χ1v) is 9.98. The molecule has 0 saturated heterocycles. The molecule has 140 valence electrons. The average Bonchev–Trinajstić information content (AvgIpc) is 2.58. The highest BCUT2D eigenvalue weighted by Gasteiger charge is 1.99. The molecule has 0 aromatic carbocycles. The summed E-state index contributed by atoms with van der Waals surface area (Å²) in [6.07, 6.45) is 8.38. The van der Waals surface area contributed by atoms with Gasteiger partial charge in [0.15, 0.2) is 0 Å². The van der Waals surface area contributed by atoms with Crippen molar-refractivity contribution in [3.8, 4) is 0 Å². The van der Waals surface area contributed by atoms with E-state index in [-0.39, 0.29) is 0 Å². The molecule has 0 aliphatic carbocycles. The summed E-state index contributed by atoms with van der Waals surface area (Å²) in [6, 6.07) is 4.07. The molecule has 24 heavy (non-hydrogen) atoms. The molecule has 1 rings (SSSR count). The monoisotopic (exact) mass is 355 g/mol. The van der Waals surface area contributed by atoms with E-state index in [1.807, 2.05) is 58.0 Å². The molecule has 1 heterocycles. The number of rotatable bonds is 8. The van der Waals surface area contributed by atoms with Crippen molar-refractivity contribution in [1.82, 2.24) is 15.6 Å². The minimum absolute atomic E-state index is 0.543. The fourth-order valence-corrected chi connectivity index (χ4v) is 1.96. The molecule has 4 nitrogen and oxygen atoms in total. The molecule has 0 fully saturated rings. The first-order chi connectivity index (χ1) is 11.6. The van der Waals surface area contributed by atoms with Gasteiger partial charge >= 0.3 is 0 Å². The smallest absolute Gasteiger partial charge is 0.116 e. The van der Waals surface area contributed by atoms with E-state index < -0.39 is 0 Å². The molecule has 0 saturated carbocycles. The third-order valence-corrected chi connectivity index (χ3v) is 3.45. The normalized spacial score (nSPS) is 10.2. The van der Waals surface area contributed by atoms with Gasteiger partial charge < -0.3 is 15.4 Å². The zero-order valence-electron chi connectivity index (χ0n) is 16.6. The van der Waals surface area contributed by atoms with Crippen LogP contribution in [-0.2, 0) is 4.74 Å². The van der Waals surface area contributed by atoms with E-state index in [0.717, 1.165) is 30.0 Å². The van der Waals surface area contributed by atoms with Crippen LogP contribution in [0.25, 0.3) is 5.70 Å². The summed E-state index contributed by atoms with van der Waals surface area (Å²) in [6.45, 7) is 9.60. The predicted molar refractivity (Wildman–Crippen MR) is 111 cm³/mol. The van der Waals surface area contributed by atoms with E-state index in [2.05, 4.69) is 41.8 Å². The van der Waals surface area contributed by atoms with E-state index in [4.69, 9.17) is 4.74 Å². The standard InChI is InChI=1S/C13H20N2O.C4H10S.C2H7N/c1-4-8-16-10-15-13(5-2)12-7-6-11(3)14-9-12;1-3-4-5-2;1-3-2/h5-7,9,15H,4,8,10H2,1-3H3;3-4H2,1-2H3;3H,1-2H3/b13-5-;;. The fourth-order valence-electron chi connectivity index (χ4n) is 1.55. The zero-order chi connectivity index (χ0) is 18.6. The van der Waals surface area contributed by atoms with E-state index in [1.165, 1.54) is 12.2 Å². The van der Waals surface area contributed by atoms with Crippen molar-refractivity contribution >= 4 is 17.5 Å². The van der Waals surface area contributed by atoms with Gasteiger partial charge in [0.25, 0.3) is 0 Å². The molecule has 5 heteroatoms. The molecule has 1 aromatic rings. The largest absolute Gasteiger partial charge is 0.362 e. The summed E-state index contributed by atoms with van der Waals surface area (Å²) in [5, 5.41) is 5.99. The zero-order valence-corrected chi connectivity index (χ0v) is 17.4. The van der Waals surface area contributed by atoms with Crippen LogP contribution in [0.15, 0.2) is 24.4 Å². The lowest BCUT2D eigenvalue weighted by Gasteiger charge is -2.11. The van der Waals surface area contributed by atoms with Crippen molar-refractivity contribution in [3.63, 3.8) is 0 Å². The van der Waals surface area contributed by atoms with E-state index in [9.17, 15) is 0 Å². The number of ether oxygens (including phenoxy) is 1. The third kappa shape index (κ3) is 15.8. The van der Waals surface area contributed by atoms with Gasteiger partial charge in [-0.25, -0.2) is 0 Å². The maximum atomic E-state index is 5.39. The number of aromatic nitrogens is 1. The highest BCUT2D eigenvalue weighted by molar-refractivity contribution is 7.98. The molecular formula is C19H37N3OS. The van der Waals surface area contributed by atoms with Gasteiger partial charge in [0.05, 0.1) is 0 Å². The minimum Gasteiger partial charge on any atom is -0.362 e. The minimum atomic E-state index is 0.543. The van der Waals surface area contributed by atoms with Crippen LogP contribution in [-0.4, -0.2) is 44.4 Å². The Kier molecular flexibility index (Phi) is 21.0. The lowest BCUT2D eigenvalue weighted by atomic mass is 10.2. The lowest BCUT2D eigenvalue weighted by Crippen LogP contribution is -2.16. The second kappa shape index (κ2) is 20.0. The highest BCUT2D eigenvalue weighted by Crippen LogP contribution is 2.10. The molecular weight excluding hydrogens is 318 g/mol. The summed E-state index contributed by atoms with van der Waals surface area (Å²) in [7, 11) is 3.75. The van der Waals surface area contributed by atoms with Gasteiger partial charge in [-0.05, 0) is 64.9 Å². The summed E-state index contributed by atoms with van der Waals surface area (Å²) >= 11 is 1.90. The molecule has 0 radical (unpaired) electrons. The number of thioether (sulfide) groups is 1. The number of pyridine rings is 1. The molecule has 0 aliphatic heterocycles. The molecule has 0 spiro atoms. The maximum absolute atomic E-state index is 5.39. The van der Waals surface area contributed by atoms with Crippen LogP contribution in [0.3, 0.4) is 0 Å². The van der Waals surface area contributed by atoms with Crippen LogP contribution >= 0.6 is 11.8 Å². The van der Waals surface area contributed by atoms with Crippen molar-refractivity contribution in [2.24, 2.45) is 0 Å². The average molecular weight is 356 g/mol. The maximum Gasteiger partial charge on any atom is 0.116 e. The Balaban J connectivity index is 0. The Labute approximate surface area is 153 Å². The van der Waals surface area contributed by atoms with Crippen LogP contribution in [0, 0.1) is 6.92 Å². The van der Waals surface area contributed by atoms with Crippen LogP contribution in [0.1, 0.15) is 44.9 Å². The number of hydrogen-bond donors (Lipinski definition) is 2. The first-order valence-electron chi connectivity index (χ1n) is 8.59. The van der Waals surface area contributed by atoms with Gasteiger partial charge in [0.1, 0.15) is 6.73 Å². The molecule has 1 aromatic heterocycles. The Bertz CT molecular complexity index is 392. The fraction of sp³-hybridized carbons (Fsp3) is 0.632. The van der Waals surface area contributed by atoms with Gasteiger partial charge in [0, 0.05) is 29.8 Å². The van der Waals surface area contributed by atoms with Crippen molar-refractivity contribution in [1.29, 1.82) is 0 Å². The van der Waals surface area contributed by atoms with Gasteiger partial charge in [-0.3, -0.25) is 4.98 Å². The molecule has 0 bridgehead atoms. The number of aryl methyl sites for hydroxylation is 1. The number of allylic oxidation sites excluding steroid dienone is 1. The molecule has 0 aliphatic rings. The van der Waals surface area contributed by atoms with Crippen LogP contribution in [0.4, 0.5) is 0 Å². The van der Waals surface area contributed by atoms with Crippen molar-refractivity contribution in [2.45, 2.75) is 40.5 Å². The highest BCUT2D eigenvalue weighted by atomic mass is 32.2. The predicted octanol–water partition coefficient (Wildman–Crippen LogP) is 4.32. The quantitative estimate of drug-likeness (QED) is 0.537. The molecule has 2 N–H and O–H groups in total. The van der Waals surface area contributed by atoms with Gasteiger partial charge in [-0.1, -0.05) is 19.9 Å². The van der Waals surface area contributed by atoms with Gasteiger partial charge in [0.2, 0.25) is 0 Å². The topological polar surface area (TPSA) is 46.2 Å². The number of nitrogens with zero attached hydrogens (tertiary/aromatic N) is 1. The molecule has 0 unspecified atom stereocenters. The van der Waals surface area contributed by atoms with Crippen molar-refractivity contribution < 1.29 is 4.74 Å².